The van der Waals surface area contributed by atoms with Crippen LogP contribution in [0.3, 0.4) is 0 Å². The number of carbonyl (C=O) groups excluding carboxylic acids is 1. The van der Waals surface area contributed by atoms with Crippen molar-refractivity contribution in [2.45, 2.75) is 39.7 Å². The first-order valence-corrected chi connectivity index (χ1v) is 13.9. The fourth-order valence-electron chi connectivity index (χ4n) is 4.16. The van der Waals surface area contributed by atoms with E-state index in [1.54, 1.807) is 12.0 Å². The Morgan fingerprint density at radius 3 is 2.47 bits per heavy atom. The molecule has 0 unspecified atom stereocenters. The van der Waals surface area contributed by atoms with E-state index >= 15 is 0 Å². The smallest absolute Gasteiger partial charge is 0.266 e. The van der Waals surface area contributed by atoms with Crippen LogP contribution in [0.4, 0.5) is 0 Å². The average Bonchev–Trinajstić information content (AvgIpc) is 3.16. The number of thioether (sulfide) groups is 1. The van der Waals surface area contributed by atoms with E-state index in [1.165, 1.54) is 22.9 Å². The van der Waals surface area contributed by atoms with Crippen LogP contribution in [0.15, 0.2) is 71.6 Å². The van der Waals surface area contributed by atoms with Gasteiger partial charge in [0.2, 0.25) is 0 Å². The number of amides is 1. The molecule has 0 spiro atoms. The summed E-state index contributed by atoms with van der Waals surface area (Å²) in [6, 6.07) is 21.8. The Bertz CT molecular complexity index is 1320. The highest BCUT2D eigenvalue weighted by Gasteiger charge is 2.32. The summed E-state index contributed by atoms with van der Waals surface area (Å²) in [4.78, 5) is 15.4. The van der Waals surface area contributed by atoms with Crippen LogP contribution in [0, 0.1) is 6.92 Å². The molecule has 4 rings (SSSR count). The monoisotopic (exact) mass is 547 g/mol. The van der Waals surface area contributed by atoms with Gasteiger partial charge in [-0.1, -0.05) is 92.4 Å². The third-order valence-electron chi connectivity index (χ3n) is 6.16. The first-order valence-electron chi connectivity index (χ1n) is 12.7. The molecule has 1 aliphatic rings. The van der Waals surface area contributed by atoms with Crippen molar-refractivity contribution in [1.29, 1.82) is 0 Å². The molecule has 0 radical (unpaired) electrons. The van der Waals surface area contributed by atoms with Gasteiger partial charge in [-0.2, -0.15) is 0 Å². The van der Waals surface area contributed by atoms with Crippen LogP contribution in [0.25, 0.3) is 6.08 Å². The Labute approximate surface area is 234 Å². The minimum atomic E-state index is -0.106. The van der Waals surface area contributed by atoms with Gasteiger partial charge in [0.15, 0.2) is 11.5 Å². The number of aryl methyl sites for hydroxylation is 1. The van der Waals surface area contributed by atoms with Crippen molar-refractivity contribution in [2.75, 3.05) is 20.3 Å². The van der Waals surface area contributed by atoms with E-state index in [2.05, 4.69) is 39.0 Å². The molecule has 0 bridgehead atoms. The van der Waals surface area contributed by atoms with Crippen LogP contribution in [0.2, 0.25) is 0 Å². The van der Waals surface area contributed by atoms with Gasteiger partial charge in [0.1, 0.15) is 10.1 Å². The maximum atomic E-state index is 13.2. The zero-order valence-corrected chi connectivity index (χ0v) is 23.9. The molecule has 1 aliphatic heterocycles. The molecule has 1 heterocycles. The standard InChI is InChI=1S/C31H33NO4S2/c1-21(2)25-15-14-22(3)18-27(25)35-16-9-17-36-29-24(12-8-13-26(29)34-4)19-28-30(33)32(31(37)38-28)20-23-10-6-5-7-11-23/h5-8,10-15,18-19,21H,9,16-17,20H2,1-4H3. The van der Waals surface area contributed by atoms with Gasteiger partial charge in [-0.15, -0.1) is 0 Å². The van der Waals surface area contributed by atoms with E-state index in [9.17, 15) is 4.79 Å². The number of benzene rings is 3. The molecule has 1 saturated heterocycles. The summed E-state index contributed by atoms with van der Waals surface area (Å²) >= 11 is 6.83. The Hall–Kier alpha value is -3.29. The lowest BCUT2D eigenvalue weighted by atomic mass is 10.0. The Morgan fingerprint density at radius 1 is 0.974 bits per heavy atom. The topological polar surface area (TPSA) is 48.0 Å². The number of rotatable bonds is 11. The summed E-state index contributed by atoms with van der Waals surface area (Å²) in [5.41, 5.74) is 4.18. The van der Waals surface area contributed by atoms with E-state index in [-0.39, 0.29) is 5.91 Å². The maximum absolute atomic E-state index is 13.2. The van der Waals surface area contributed by atoms with Gasteiger partial charge in [-0.05, 0) is 47.7 Å². The van der Waals surface area contributed by atoms with Crippen LogP contribution in [0.1, 0.15) is 48.4 Å². The number of hydrogen-bond acceptors (Lipinski definition) is 6. The zero-order valence-electron chi connectivity index (χ0n) is 22.2. The second-order valence-electron chi connectivity index (χ2n) is 9.38. The number of thiocarbonyl (C=S) groups is 1. The molecule has 38 heavy (non-hydrogen) atoms. The van der Waals surface area contributed by atoms with Crippen molar-refractivity contribution in [1.82, 2.24) is 4.90 Å². The van der Waals surface area contributed by atoms with Crippen LogP contribution < -0.4 is 14.2 Å². The number of ether oxygens (including phenoxy) is 3. The largest absolute Gasteiger partial charge is 0.493 e. The van der Waals surface area contributed by atoms with Crippen molar-refractivity contribution >= 4 is 40.3 Å². The van der Waals surface area contributed by atoms with Crippen LogP contribution in [-0.4, -0.2) is 35.5 Å². The molecule has 3 aromatic rings. The number of para-hydroxylation sites is 1. The third-order valence-corrected chi connectivity index (χ3v) is 7.53. The van der Waals surface area contributed by atoms with Gasteiger partial charge in [0, 0.05) is 12.0 Å². The minimum Gasteiger partial charge on any atom is -0.493 e. The fourth-order valence-corrected chi connectivity index (χ4v) is 5.41. The van der Waals surface area contributed by atoms with Crippen molar-refractivity contribution in [3.63, 3.8) is 0 Å². The molecule has 198 valence electrons. The number of methoxy groups -OCH3 is 1. The lowest BCUT2D eigenvalue weighted by molar-refractivity contribution is -0.122. The fraction of sp³-hybridized carbons (Fsp3) is 0.290. The first-order chi connectivity index (χ1) is 18.4. The first kappa shape index (κ1) is 27.7. The number of hydrogen-bond donors (Lipinski definition) is 0. The summed E-state index contributed by atoms with van der Waals surface area (Å²) in [7, 11) is 1.61. The predicted octanol–water partition coefficient (Wildman–Crippen LogP) is 7.38. The lowest BCUT2D eigenvalue weighted by Gasteiger charge is -2.16. The lowest BCUT2D eigenvalue weighted by Crippen LogP contribution is -2.27. The van der Waals surface area contributed by atoms with E-state index in [4.69, 9.17) is 26.4 Å². The molecule has 5 nitrogen and oxygen atoms in total. The maximum Gasteiger partial charge on any atom is 0.266 e. The Kier molecular flexibility index (Phi) is 9.48. The van der Waals surface area contributed by atoms with E-state index < -0.39 is 0 Å². The molecule has 0 aromatic heterocycles. The molecule has 3 aromatic carbocycles. The van der Waals surface area contributed by atoms with Gasteiger partial charge in [-0.3, -0.25) is 9.69 Å². The molecule has 7 heteroatoms. The molecule has 0 atom stereocenters. The van der Waals surface area contributed by atoms with Gasteiger partial charge in [-0.25, -0.2) is 0 Å². The minimum absolute atomic E-state index is 0.106. The quantitative estimate of drug-likeness (QED) is 0.142. The number of nitrogens with zero attached hydrogens (tertiary/aromatic N) is 1. The summed E-state index contributed by atoms with van der Waals surface area (Å²) in [6.07, 6.45) is 2.53. The van der Waals surface area contributed by atoms with Crippen LogP contribution in [-0.2, 0) is 11.3 Å². The van der Waals surface area contributed by atoms with E-state index in [0.717, 1.165) is 16.9 Å². The molecule has 0 N–H and O–H groups in total. The molecule has 0 aliphatic carbocycles. The highest BCUT2D eigenvalue weighted by molar-refractivity contribution is 8.26. The van der Waals surface area contributed by atoms with E-state index in [0.29, 0.717) is 52.8 Å². The SMILES string of the molecule is COc1cccc(C=C2SC(=S)N(Cc3ccccc3)C2=O)c1OCCCOc1cc(C)ccc1C(C)C. The van der Waals surface area contributed by atoms with Crippen molar-refractivity contribution in [3.05, 3.63) is 93.9 Å². The van der Waals surface area contributed by atoms with Crippen LogP contribution in [0.5, 0.6) is 17.2 Å². The summed E-state index contributed by atoms with van der Waals surface area (Å²) in [5, 5.41) is 0. The van der Waals surface area contributed by atoms with Crippen molar-refractivity contribution in [3.8, 4) is 17.2 Å². The van der Waals surface area contributed by atoms with Crippen molar-refractivity contribution < 1.29 is 19.0 Å². The predicted molar refractivity (Wildman–Crippen MR) is 159 cm³/mol. The Balaban J connectivity index is 1.43. The van der Waals surface area contributed by atoms with Crippen molar-refractivity contribution in [2.24, 2.45) is 0 Å². The molecule has 1 fully saturated rings. The second kappa shape index (κ2) is 13.0. The second-order valence-corrected chi connectivity index (χ2v) is 11.1. The summed E-state index contributed by atoms with van der Waals surface area (Å²) in [6.45, 7) is 7.83. The van der Waals surface area contributed by atoms with Gasteiger partial charge in [0.05, 0.1) is 31.8 Å². The van der Waals surface area contributed by atoms with Gasteiger partial charge in [0.25, 0.3) is 5.91 Å². The van der Waals surface area contributed by atoms with Crippen LogP contribution >= 0.6 is 24.0 Å². The van der Waals surface area contributed by atoms with E-state index in [1.807, 2.05) is 54.6 Å². The summed E-state index contributed by atoms with van der Waals surface area (Å²) in [5.74, 6) is 2.42. The molecule has 0 saturated carbocycles. The Morgan fingerprint density at radius 2 is 1.74 bits per heavy atom. The molecular formula is C31H33NO4S2. The van der Waals surface area contributed by atoms with Gasteiger partial charge < -0.3 is 14.2 Å². The highest BCUT2D eigenvalue weighted by atomic mass is 32.2. The molecule has 1 amide bonds. The third kappa shape index (κ3) is 6.77. The average molecular weight is 548 g/mol. The number of carbonyl (C=O) groups is 1. The summed E-state index contributed by atoms with van der Waals surface area (Å²) < 4.78 is 18.4. The normalized spacial score (nSPS) is 14.4. The zero-order chi connectivity index (χ0) is 27.1. The highest BCUT2D eigenvalue weighted by Crippen LogP contribution is 2.38. The van der Waals surface area contributed by atoms with Gasteiger partial charge >= 0.3 is 0 Å². The molecular weight excluding hydrogens is 514 g/mol.